The Morgan fingerprint density at radius 2 is 2.16 bits per heavy atom. The van der Waals surface area contributed by atoms with Crippen LogP contribution < -0.4 is 10.2 Å². The summed E-state index contributed by atoms with van der Waals surface area (Å²) in [4.78, 5) is 14.4. The Bertz CT molecular complexity index is 707. The minimum atomic E-state index is -0.0709. The number of amides is 1. The number of benzene rings is 1. The molecule has 0 saturated carbocycles. The molecule has 0 radical (unpaired) electrons. The van der Waals surface area contributed by atoms with Crippen LogP contribution in [0.2, 0.25) is 0 Å². The van der Waals surface area contributed by atoms with Crippen molar-refractivity contribution in [1.82, 2.24) is 15.1 Å². The lowest BCUT2D eigenvalue weighted by Gasteiger charge is -2.23. The number of nitrogens with zero attached hydrogens (tertiary/aromatic N) is 3. The van der Waals surface area contributed by atoms with E-state index in [-0.39, 0.29) is 18.3 Å². The lowest BCUT2D eigenvalue weighted by molar-refractivity contribution is 0.0987. The molecule has 1 fully saturated rings. The van der Waals surface area contributed by atoms with Crippen molar-refractivity contribution in [2.24, 2.45) is 0 Å². The fourth-order valence-electron chi connectivity index (χ4n) is 3.10. The molecule has 136 valence electrons. The predicted molar refractivity (Wildman–Crippen MR) is 104 cm³/mol. The first-order valence-corrected chi connectivity index (χ1v) is 8.70. The van der Waals surface area contributed by atoms with Crippen LogP contribution in [0, 0.1) is 0 Å². The van der Waals surface area contributed by atoms with Gasteiger partial charge in [0.15, 0.2) is 5.69 Å². The van der Waals surface area contributed by atoms with E-state index < -0.39 is 0 Å². The molecule has 0 bridgehead atoms. The van der Waals surface area contributed by atoms with Gasteiger partial charge in [-0.15, -0.1) is 12.4 Å². The Hall–Kier alpha value is -1.85. The number of carbonyl (C=O) groups excluding carboxylic acids is 1. The highest BCUT2D eigenvalue weighted by Crippen LogP contribution is 2.22. The van der Waals surface area contributed by atoms with Gasteiger partial charge in [0.1, 0.15) is 0 Å². The van der Waals surface area contributed by atoms with Crippen LogP contribution in [0.4, 0.5) is 5.69 Å². The Morgan fingerprint density at radius 3 is 2.84 bits per heavy atom. The van der Waals surface area contributed by atoms with Crippen molar-refractivity contribution >= 4 is 24.0 Å². The predicted octanol–water partition coefficient (Wildman–Crippen LogP) is 3.63. The molecule has 3 rings (SSSR count). The average molecular weight is 363 g/mol. The zero-order chi connectivity index (χ0) is 17.1. The summed E-state index contributed by atoms with van der Waals surface area (Å²) in [6.07, 6.45) is 4.17. The van der Waals surface area contributed by atoms with Gasteiger partial charge in [-0.2, -0.15) is 5.10 Å². The van der Waals surface area contributed by atoms with Gasteiger partial charge in [0, 0.05) is 25.5 Å². The van der Waals surface area contributed by atoms with Gasteiger partial charge in [-0.1, -0.05) is 26.0 Å². The van der Waals surface area contributed by atoms with E-state index in [0.717, 1.165) is 31.6 Å². The molecule has 25 heavy (non-hydrogen) atoms. The van der Waals surface area contributed by atoms with E-state index >= 15 is 0 Å². The molecule has 0 aliphatic carbocycles. The number of hydrogen-bond donors (Lipinski definition) is 1. The largest absolute Gasteiger partial charge is 0.315 e. The topological polar surface area (TPSA) is 50.2 Å². The molecule has 5 nitrogen and oxygen atoms in total. The summed E-state index contributed by atoms with van der Waals surface area (Å²) in [7, 11) is 1.81. The van der Waals surface area contributed by atoms with Crippen LogP contribution in [0.15, 0.2) is 36.5 Å². The molecule has 1 unspecified atom stereocenters. The standard InChI is InChI=1S/C19H26N4O.ClH/c1-14(2)15-6-4-7-16(12-15)22(3)19(24)18-9-11-23(21-18)17-8-5-10-20-13-17;/h4,6-7,9,11-12,14,17,20H,5,8,10,13H2,1-3H3;1H. The van der Waals surface area contributed by atoms with Crippen LogP contribution in [0.1, 0.15) is 54.7 Å². The monoisotopic (exact) mass is 362 g/mol. The van der Waals surface area contributed by atoms with Gasteiger partial charge in [0.2, 0.25) is 0 Å². The van der Waals surface area contributed by atoms with Crippen molar-refractivity contribution in [2.75, 3.05) is 25.0 Å². The summed E-state index contributed by atoms with van der Waals surface area (Å²) in [5.74, 6) is 0.366. The fourth-order valence-corrected chi connectivity index (χ4v) is 3.10. The number of anilines is 1. The first-order chi connectivity index (χ1) is 11.6. The first kappa shape index (κ1) is 19.5. The third kappa shape index (κ3) is 4.41. The highest BCUT2D eigenvalue weighted by Gasteiger charge is 2.20. The molecular weight excluding hydrogens is 336 g/mol. The zero-order valence-corrected chi connectivity index (χ0v) is 15.9. The first-order valence-electron chi connectivity index (χ1n) is 8.70. The average Bonchev–Trinajstić information content (AvgIpc) is 3.11. The third-order valence-corrected chi connectivity index (χ3v) is 4.70. The Morgan fingerprint density at radius 1 is 1.36 bits per heavy atom. The van der Waals surface area contributed by atoms with Crippen molar-refractivity contribution in [1.29, 1.82) is 0 Å². The number of nitrogens with one attached hydrogen (secondary N) is 1. The highest BCUT2D eigenvalue weighted by molar-refractivity contribution is 6.04. The molecule has 6 heteroatoms. The van der Waals surface area contributed by atoms with Gasteiger partial charge in [-0.05, 0) is 49.1 Å². The number of hydrogen-bond acceptors (Lipinski definition) is 3. The summed E-state index contributed by atoms with van der Waals surface area (Å²) in [5, 5.41) is 7.90. The Labute approximate surface area is 155 Å². The molecule has 1 saturated heterocycles. The second-order valence-corrected chi connectivity index (χ2v) is 6.80. The van der Waals surface area contributed by atoms with Gasteiger partial charge in [0.25, 0.3) is 5.91 Å². The third-order valence-electron chi connectivity index (χ3n) is 4.70. The van der Waals surface area contributed by atoms with Crippen molar-refractivity contribution in [3.63, 3.8) is 0 Å². The molecule has 1 aliphatic rings. The van der Waals surface area contributed by atoms with Crippen LogP contribution in [-0.2, 0) is 0 Å². The fraction of sp³-hybridized carbons (Fsp3) is 0.474. The number of aromatic nitrogens is 2. The smallest absolute Gasteiger partial charge is 0.278 e. The maximum atomic E-state index is 12.8. The molecule has 2 aromatic rings. The van der Waals surface area contributed by atoms with Crippen LogP contribution >= 0.6 is 12.4 Å². The second kappa shape index (κ2) is 8.50. The van der Waals surface area contributed by atoms with Crippen molar-refractivity contribution in [3.8, 4) is 0 Å². The van der Waals surface area contributed by atoms with Crippen molar-refractivity contribution in [2.45, 2.75) is 38.6 Å². The molecule has 1 aliphatic heterocycles. The minimum Gasteiger partial charge on any atom is -0.315 e. The maximum Gasteiger partial charge on any atom is 0.278 e. The SMILES string of the molecule is CC(C)c1cccc(N(C)C(=O)c2ccn(C3CCCNC3)n2)c1.Cl. The lowest BCUT2D eigenvalue weighted by atomic mass is 10.0. The van der Waals surface area contributed by atoms with E-state index in [4.69, 9.17) is 0 Å². The Kier molecular flexibility index (Phi) is 6.62. The Balaban J connectivity index is 0.00000225. The lowest BCUT2D eigenvalue weighted by Crippen LogP contribution is -2.32. The van der Waals surface area contributed by atoms with Crippen LogP contribution in [0.25, 0.3) is 0 Å². The van der Waals surface area contributed by atoms with Gasteiger partial charge in [0.05, 0.1) is 6.04 Å². The van der Waals surface area contributed by atoms with E-state index in [1.807, 2.05) is 36.1 Å². The summed E-state index contributed by atoms with van der Waals surface area (Å²) in [5.41, 5.74) is 2.63. The van der Waals surface area contributed by atoms with Gasteiger partial charge in [-0.3, -0.25) is 9.48 Å². The van der Waals surface area contributed by atoms with E-state index in [2.05, 4.69) is 36.4 Å². The van der Waals surface area contributed by atoms with E-state index in [9.17, 15) is 4.79 Å². The highest BCUT2D eigenvalue weighted by atomic mass is 35.5. The number of piperidine rings is 1. The van der Waals surface area contributed by atoms with Gasteiger partial charge >= 0.3 is 0 Å². The van der Waals surface area contributed by atoms with E-state index in [1.165, 1.54) is 5.56 Å². The van der Waals surface area contributed by atoms with Crippen LogP contribution in [0.3, 0.4) is 0 Å². The molecule has 1 N–H and O–H groups in total. The maximum absolute atomic E-state index is 12.8. The molecular formula is C19H27ClN4O. The number of carbonyl (C=O) groups is 1. The summed E-state index contributed by atoms with van der Waals surface area (Å²) < 4.78 is 1.93. The summed E-state index contributed by atoms with van der Waals surface area (Å²) in [6, 6.07) is 10.3. The molecule has 1 aromatic heterocycles. The van der Waals surface area contributed by atoms with Gasteiger partial charge in [-0.25, -0.2) is 0 Å². The normalized spacial score (nSPS) is 17.2. The van der Waals surface area contributed by atoms with Crippen LogP contribution in [-0.4, -0.2) is 35.8 Å². The van der Waals surface area contributed by atoms with Gasteiger partial charge < -0.3 is 10.2 Å². The molecule has 0 spiro atoms. The number of rotatable bonds is 4. The molecule has 1 atom stereocenters. The van der Waals surface area contributed by atoms with E-state index in [0.29, 0.717) is 17.7 Å². The summed E-state index contributed by atoms with van der Waals surface area (Å²) in [6.45, 7) is 6.29. The van der Waals surface area contributed by atoms with Crippen molar-refractivity contribution < 1.29 is 4.79 Å². The quantitative estimate of drug-likeness (QED) is 0.903. The molecule has 1 amide bonds. The van der Waals surface area contributed by atoms with Crippen molar-refractivity contribution in [3.05, 3.63) is 47.8 Å². The van der Waals surface area contributed by atoms with E-state index in [1.54, 1.807) is 4.90 Å². The summed E-state index contributed by atoms with van der Waals surface area (Å²) >= 11 is 0. The number of halogens is 1. The second-order valence-electron chi connectivity index (χ2n) is 6.80. The van der Waals surface area contributed by atoms with Crippen LogP contribution in [0.5, 0.6) is 0 Å². The molecule has 1 aromatic carbocycles. The molecule has 2 heterocycles. The minimum absolute atomic E-state index is 0. The zero-order valence-electron chi connectivity index (χ0n) is 15.1.